The van der Waals surface area contributed by atoms with Crippen molar-refractivity contribution in [1.82, 2.24) is 0 Å². The molecular weight excluding hydrogens is 268 g/mol. The van der Waals surface area contributed by atoms with Crippen molar-refractivity contribution < 1.29 is 0 Å². The SMILES string of the molecule is CCCCC12CC3CC(N)(CC(C4CCCCC4)(C3)C1)C2N. The molecular formula is C20H36N2. The van der Waals surface area contributed by atoms with Gasteiger partial charge >= 0.3 is 0 Å². The minimum Gasteiger partial charge on any atom is -0.326 e. The maximum atomic E-state index is 6.99. The Kier molecular flexibility index (Phi) is 3.66. The first-order valence-corrected chi connectivity index (χ1v) is 10.1. The predicted molar refractivity (Wildman–Crippen MR) is 92.4 cm³/mol. The average molecular weight is 305 g/mol. The van der Waals surface area contributed by atoms with Crippen LogP contribution in [-0.2, 0) is 0 Å². The summed E-state index contributed by atoms with van der Waals surface area (Å²) in [5.41, 5.74) is 14.8. The monoisotopic (exact) mass is 304 g/mol. The molecule has 0 amide bonds. The van der Waals surface area contributed by atoms with E-state index in [4.69, 9.17) is 11.5 Å². The lowest BCUT2D eigenvalue weighted by Crippen LogP contribution is -2.75. The number of unbranched alkanes of at least 4 members (excludes halogenated alkanes) is 1. The third-order valence-electron chi connectivity index (χ3n) is 8.22. The number of nitrogens with two attached hydrogens (primary N) is 2. The summed E-state index contributed by atoms with van der Waals surface area (Å²) in [4.78, 5) is 0. The van der Waals surface area contributed by atoms with E-state index in [9.17, 15) is 0 Å². The average Bonchev–Trinajstić information content (AvgIpc) is 2.51. The van der Waals surface area contributed by atoms with Crippen molar-refractivity contribution in [1.29, 1.82) is 0 Å². The van der Waals surface area contributed by atoms with E-state index in [-0.39, 0.29) is 11.6 Å². The fraction of sp³-hybridized carbons (Fsp3) is 1.00. The predicted octanol–water partition coefficient (Wildman–Crippen LogP) is 4.36. The largest absolute Gasteiger partial charge is 0.326 e. The quantitative estimate of drug-likeness (QED) is 0.810. The van der Waals surface area contributed by atoms with E-state index in [1.54, 1.807) is 0 Å². The molecule has 126 valence electrons. The van der Waals surface area contributed by atoms with Crippen LogP contribution in [0.1, 0.15) is 90.4 Å². The lowest BCUT2D eigenvalue weighted by molar-refractivity contribution is -0.167. The van der Waals surface area contributed by atoms with E-state index in [0.717, 1.165) is 11.8 Å². The van der Waals surface area contributed by atoms with E-state index in [1.807, 2.05) is 0 Å². The van der Waals surface area contributed by atoms with Gasteiger partial charge in [-0.25, -0.2) is 0 Å². The van der Waals surface area contributed by atoms with Gasteiger partial charge in [0, 0.05) is 11.6 Å². The molecule has 4 bridgehead atoms. The van der Waals surface area contributed by atoms with Gasteiger partial charge in [0.05, 0.1) is 0 Å². The summed E-state index contributed by atoms with van der Waals surface area (Å²) in [6, 6.07) is 0.264. The Morgan fingerprint density at radius 2 is 1.77 bits per heavy atom. The van der Waals surface area contributed by atoms with E-state index in [2.05, 4.69) is 6.92 Å². The molecule has 0 aromatic carbocycles. The Balaban J connectivity index is 1.67. The van der Waals surface area contributed by atoms with Gasteiger partial charge in [-0.15, -0.1) is 0 Å². The number of hydrogen-bond donors (Lipinski definition) is 2. The smallest absolute Gasteiger partial charge is 0.0321 e. The van der Waals surface area contributed by atoms with Crippen molar-refractivity contribution in [3.8, 4) is 0 Å². The highest BCUT2D eigenvalue weighted by molar-refractivity contribution is 5.22. The van der Waals surface area contributed by atoms with E-state index in [0.29, 0.717) is 10.8 Å². The van der Waals surface area contributed by atoms with E-state index >= 15 is 0 Å². The lowest BCUT2D eigenvalue weighted by atomic mass is 9.37. The summed E-state index contributed by atoms with van der Waals surface area (Å²) < 4.78 is 0. The fourth-order valence-corrected chi connectivity index (χ4v) is 7.74. The van der Waals surface area contributed by atoms with Gasteiger partial charge in [-0.05, 0) is 74.0 Å². The third-order valence-corrected chi connectivity index (χ3v) is 8.22. The molecule has 5 aliphatic carbocycles. The molecule has 0 heterocycles. The molecule has 0 spiro atoms. The number of hydrogen-bond acceptors (Lipinski definition) is 2. The number of rotatable bonds is 4. The molecule has 0 aliphatic heterocycles. The molecule has 5 aliphatic rings. The van der Waals surface area contributed by atoms with Gasteiger partial charge in [-0.3, -0.25) is 0 Å². The second-order valence-electron chi connectivity index (χ2n) is 9.71. The van der Waals surface area contributed by atoms with Crippen LogP contribution in [0.2, 0.25) is 0 Å². The van der Waals surface area contributed by atoms with Crippen molar-refractivity contribution in [2.24, 2.45) is 34.1 Å². The van der Waals surface area contributed by atoms with Crippen LogP contribution in [0.5, 0.6) is 0 Å². The Hall–Kier alpha value is -0.0800. The minimum absolute atomic E-state index is 0.0371. The molecule has 2 nitrogen and oxygen atoms in total. The molecule has 0 saturated heterocycles. The highest BCUT2D eigenvalue weighted by Crippen LogP contribution is 2.70. The van der Waals surface area contributed by atoms with Crippen molar-refractivity contribution in [3.05, 3.63) is 0 Å². The molecule has 0 radical (unpaired) electrons. The molecule has 5 rings (SSSR count). The summed E-state index contributed by atoms with van der Waals surface area (Å²) in [5.74, 6) is 1.84. The first-order valence-electron chi connectivity index (χ1n) is 10.1. The summed E-state index contributed by atoms with van der Waals surface area (Å²) >= 11 is 0. The Labute approximate surface area is 136 Å². The van der Waals surface area contributed by atoms with Crippen molar-refractivity contribution >= 4 is 0 Å². The van der Waals surface area contributed by atoms with Crippen molar-refractivity contribution in [2.75, 3.05) is 0 Å². The normalized spacial score (nSPS) is 51.4. The van der Waals surface area contributed by atoms with Crippen molar-refractivity contribution in [3.63, 3.8) is 0 Å². The Morgan fingerprint density at radius 1 is 1.00 bits per heavy atom. The molecule has 5 atom stereocenters. The van der Waals surface area contributed by atoms with Gasteiger partial charge in [0.1, 0.15) is 0 Å². The fourth-order valence-electron chi connectivity index (χ4n) is 7.74. The summed E-state index contributed by atoms with van der Waals surface area (Å²) in [6.45, 7) is 2.32. The lowest BCUT2D eigenvalue weighted by Gasteiger charge is -2.71. The van der Waals surface area contributed by atoms with Crippen LogP contribution >= 0.6 is 0 Å². The van der Waals surface area contributed by atoms with Gasteiger partial charge < -0.3 is 11.5 Å². The van der Waals surface area contributed by atoms with Crippen LogP contribution in [0.3, 0.4) is 0 Å². The maximum Gasteiger partial charge on any atom is 0.0321 e. The molecule has 5 unspecified atom stereocenters. The van der Waals surface area contributed by atoms with Gasteiger partial charge in [-0.2, -0.15) is 0 Å². The zero-order chi connectivity index (χ0) is 15.4. The summed E-state index contributed by atoms with van der Waals surface area (Å²) in [5, 5.41) is 0. The topological polar surface area (TPSA) is 52.0 Å². The third kappa shape index (κ3) is 2.13. The molecule has 5 saturated carbocycles. The van der Waals surface area contributed by atoms with E-state index in [1.165, 1.54) is 83.5 Å². The van der Waals surface area contributed by atoms with Crippen LogP contribution < -0.4 is 11.5 Å². The second kappa shape index (κ2) is 5.21. The molecule has 5 fully saturated rings. The maximum absolute atomic E-state index is 6.99. The zero-order valence-electron chi connectivity index (χ0n) is 14.6. The first-order chi connectivity index (χ1) is 10.5. The van der Waals surface area contributed by atoms with Crippen LogP contribution in [0, 0.1) is 22.7 Å². The molecule has 4 N–H and O–H groups in total. The summed E-state index contributed by atoms with van der Waals surface area (Å²) in [7, 11) is 0. The van der Waals surface area contributed by atoms with Gasteiger partial charge in [-0.1, -0.05) is 39.0 Å². The molecule has 2 heteroatoms. The standard InChI is InChI=1S/C20H36N2/c1-2-3-9-18-10-15-11-19(13-18,16-7-5-4-6-8-16)14-20(22,12-15)17(18)21/h15-17H,2-14,21-22H2,1H3. The second-order valence-corrected chi connectivity index (χ2v) is 9.71. The van der Waals surface area contributed by atoms with E-state index < -0.39 is 0 Å². The van der Waals surface area contributed by atoms with Crippen molar-refractivity contribution in [2.45, 2.75) is 102 Å². The first kappa shape index (κ1) is 15.4. The van der Waals surface area contributed by atoms with Crippen LogP contribution in [0.4, 0.5) is 0 Å². The van der Waals surface area contributed by atoms with Crippen LogP contribution in [0.15, 0.2) is 0 Å². The van der Waals surface area contributed by atoms with Gasteiger partial charge in [0.2, 0.25) is 0 Å². The zero-order valence-corrected chi connectivity index (χ0v) is 14.6. The summed E-state index contributed by atoms with van der Waals surface area (Å²) in [6.07, 6.45) is 18.1. The minimum atomic E-state index is -0.0371. The Bertz CT molecular complexity index is 429. The highest BCUT2D eigenvalue weighted by Gasteiger charge is 2.67. The molecule has 0 aromatic rings. The van der Waals surface area contributed by atoms with Crippen LogP contribution in [0.25, 0.3) is 0 Å². The highest BCUT2D eigenvalue weighted by atomic mass is 14.9. The van der Waals surface area contributed by atoms with Gasteiger partial charge in [0.25, 0.3) is 0 Å². The molecule has 22 heavy (non-hydrogen) atoms. The van der Waals surface area contributed by atoms with Crippen LogP contribution in [-0.4, -0.2) is 11.6 Å². The van der Waals surface area contributed by atoms with Gasteiger partial charge in [0.15, 0.2) is 0 Å². The Morgan fingerprint density at radius 3 is 2.50 bits per heavy atom. The molecule has 0 aromatic heterocycles.